The van der Waals surface area contributed by atoms with E-state index in [0.717, 1.165) is 42.9 Å². The van der Waals surface area contributed by atoms with E-state index in [2.05, 4.69) is 15.2 Å². The summed E-state index contributed by atoms with van der Waals surface area (Å²) in [6, 6.07) is -0.811. The Labute approximate surface area is 579 Å². The number of rotatable bonds is 40. The van der Waals surface area contributed by atoms with Crippen LogP contribution < -0.4 is 73.7 Å². The third-order valence-corrected chi connectivity index (χ3v) is 22.7. The average Bonchev–Trinajstić information content (AvgIpc) is 1.68. The number of phosphoric acid groups is 5. The molecule has 43 nitrogen and oxygen atoms in total. The van der Waals surface area contributed by atoms with Crippen molar-refractivity contribution in [1.29, 1.82) is 0 Å². The summed E-state index contributed by atoms with van der Waals surface area (Å²) in [6.45, 7) is -0.350. The first-order valence-corrected chi connectivity index (χ1v) is 40.8. The molecule has 4 saturated heterocycles. The first-order valence-electron chi connectivity index (χ1n) is 31.0. The van der Waals surface area contributed by atoms with Crippen LogP contribution in [0.15, 0.2) is 59.6 Å². The monoisotopic (exact) mass is 1580 g/mol. The summed E-state index contributed by atoms with van der Waals surface area (Å²) in [5.41, 5.74) is -5.78. The largest absolute Gasteiger partial charge is 0.790 e. The van der Waals surface area contributed by atoms with Gasteiger partial charge in [-0.1, -0.05) is 34.4 Å². The van der Waals surface area contributed by atoms with Crippen molar-refractivity contribution in [3.8, 4) is 0 Å². The zero-order valence-electron chi connectivity index (χ0n) is 53.7. The number of carbonyl (C=O) groups excluding carboxylic acids is 1. The van der Waals surface area contributed by atoms with Gasteiger partial charge in [-0.15, -0.1) is 0 Å². The fraction of sp³-hybridized carbons (Fsp3) is 0.706. The average molecular weight is 1580 g/mol. The van der Waals surface area contributed by atoms with Crippen molar-refractivity contribution in [3.05, 3.63) is 110 Å². The van der Waals surface area contributed by atoms with E-state index < -0.39 is 211 Å². The molecule has 50 heteroatoms. The lowest BCUT2D eigenvalue weighted by atomic mass is 10.1. The molecule has 101 heavy (non-hydrogen) atoms. The summed E-state index contributed by atoms with van der Waals surface area (Å²) in [7, 11) is -24.4. The summed E-state index contributed by atoms with van der Waals surface area (Å²) >= 11 is 0. The summed E-state index contributed by atoms with van der Waals surface area (Å²) in [5.74, 6) is 1.45. The van der Waals surface area contributed by atoms with Gasteiger partial charge in [-0.25, -0.2) is 19.2 Å². The predicted molar refractivity (Wildman–Crippen MR) is 334 cm³/mol. The van der Waals surface area contributed by atoms with Gasteiger partial charge in [-0.2, -0.15) is 0 Å². The molecular formula is C51H74N9O34P5S2-6. The van der Waals surface area contributed by atoms with Gasteiger partial charge in [0.1, 0.15) is 61.5 Å². The fourth-order valence-electron chi connectivity index (χ4n) is 10.5. The van der Waals surface area contributed by atoms with Gasteiger partial charge in [-0.3, -0.25) is 71.5 Å². The first kappa shape index (κ1) is 82.6. The highest BCUT2D eigenvalue weighted by Crippen LogP contribution is 2.51. The summed E-state index contributed by atoms with van der Waals surface area (Å²) < 4.78 is 135. The molecule has 18 unspecified atom stereocenters. The molecule has 8 N–H and O–H groups in total. The molecule has 5 aliphatic rings. The molecule has 0 aliphatic carbocycles. The molecule has 0 radical (unpaired) electrons. The van der Waals surface area contributed by atoms with Gasteiger partial charge in [-0.05, 0) is 59.1 Å². The van der Waals surface area contributed by atoms with Crippen LogP contribution >= 0.6 is 60.7 Å². The van der Waals surface area contributed by atoms with E-state index in [1.54, 1.807) is 21.6 Å². The number of aryl methyl sites for hydroxylation is 3. The molecule has 5 aliphatic heterocycles. The Morgan fingerprint density at radius 3 is 1.36 bits per heavy atom. The Morgan fingerprint density at radius 1 is 0.525 bits per heavy atom. The van der Waals surface area contributed by atoms with E-state index >= 15 is 0 Å². The fourth-order valence-corrected chi connectivity index (χ4v) is 16.6. The Kier molecular flexibility index (Phi) is 29.9. The second kappa shape index (κ2) is 36.5. The molecule has 8 rings (SSSR count). The van der Waals surface area contributed by atoms with Crippen LogP contribution in [0.2, 0.25) is 0 Å². The standard InChI is InChI=1S/C51H80N9O34P5S2/c1-28-21-58(49(68)54-44(28)64)39-18-31(34(88-39)24-84-95(71,72)73)92-97(76,77)85-25-35-32(19-40(89-35)59-22-29(2)45(65)55-50(59)69)93-98(78,79)86-26-36-33(20-41(90-36)60-23-30(3)46(66)56-51(60)70)94-99(80,81)87-27-37-42(62)43(63)47(91-37)57-12-10-38(53-48(57)67)52-11-6-4-5-7-14-82-96(74,75)83-15-9-17-101-100-16-8-13-61/h10,12,21-23,31-43,47,52,61-63H,4-9,11,13-20,24-27H2,1-3H3,(H,53,67)(H,74,75)(H,76,77)(H,78,79)(H,80,81)(H,54,64,68)(H,55,65,69)(H,56,66,70)(H2,71,72,73)/p-6. The number of urea groups is 1. The number of aromatic nitrogens is 6. The van der Waals surface area contributed by atoms with Crippen molar-refractivity contribution in [2.75, 3.05) is 64.3 Å². The predicted octanol–water partition coefficient (Wildman–Crippen LogP) is -4.00. The van der Waals surface area contributed by atoms with Crippen LogP contribution in [0.4, 0.5) is 4.79 Å². The molecule has 570 valence electrons. The van der Waals surface area contributed by atoms with Crippen molar-refractivity contribution < 1.29 is 132 Å². The van der Waals surface area contributed by atoms with Crippen molar-refractivity contribution in [3.63, 3.8) is 0 Å². The van der Waals surface area contributed by atoms with Gasteiger partial charge in [0.2, 0.25) is 0 Å². The molecule has 3 aromatic rings. The maximum atomic E-state index is 13.9. The number of carbonyl (C=O) groups is 1. The lowest BCUT2D eigenvalue weighted by Crippen LogP contribution is -2.56. The SMILES string of the molecule is Cc1cn(C2CC(OP(=O)([O-])OCC3OC(n4cc(C)c(=O)[nH]c4=O)CC3OP(=O)([O-])OCC3OC(n4cc(C)c(=O)[nH]c4=O)CC3OP(=O)([O-])OCC3OC(N4C=CC(NCCCCCCOP(=O)([O-])OCCCSSCCCO)NC4=O)C(O)C3O)C(COP(=O)([O-])[O-])O2)c(=O)[nH]c1=O. The van der Waals surface area contributed by atoms with E-state index in [0.29, 0.717) is 50.8 Å². The molecule has 8 heterocycles. The van der Waals surface area contributed by atoms with Crippen molar-refractivity contribution in [2.24, 2.45) is 0 Å². The van der Waals surface area contributed by atoms with E-state index in [9.17, 15) is 96.0 Å². The minimum absolute atomic E-state index is 0.0159. The lowest BCUT2D eigenvalue weighted by molar-refractivity contribution is -0.343. The highest BCUT2D eigenvalue weighted by atomic mass is 33.1. The molecular weight excluding hydrogens is 1500 g/mol. The van der Waals surface area contributed by atoms with Gasteiger partial charge in [0, 0.05) is 78.9 Å². The first-order chi connectivity index (χ1) is 47.5. The minimum atomic E-state index is -5.85. The highest BCUT2D eigenvalue weighted by molar-refractivity contribution is 8.76. The van der Waals surface area contributed by atoms with E-state index in [-0.39, 0.29) is 36.5 Å². The van der Waals surface area contributed by atoms with Crippen molar-refractivity contribution in [1.82, 2.24) is 44.2 Å². The summed E-state index contributed by atoms with van der Waals surface area (Å²) in [4.78, 5) is 172. The van der Waals surface area contributed by atoms with E-state index in [4.69, 9.17) is 60.2 Å². The maximum Gasteiger partial charge on any atom is 0.330 e. The van der Waals surface area contributed by atoms with Crippen LogP contribution in [0.1, 0.15) is 93.2 Å². The van der Waals surface area contributed by atoms with Gasteiger partial charge in [0.05, 0.1) is 65.8 Å². The van der Waals surface area contributed by atoms with Crippen LogP contribution in [0.5, 0.6) is 0 Å². The topological polar surface area (TPSA) is 613 Å². The number of nitrogens with one attached hydrogen (secondary N) is 5. The molecule has 3 aromatic heterocycles. The van der Waals surface area contributed by atoms with Crippen LogP contribution in [-0.4, -0.2) is 187 Å². The number of phosphoric ester groups is 5. The Balaban J connectivity index is 0.863. The molecule has 0 spiro atoms. The van der Waals surface area contributed by atoms with E-state index in [1.807, 2.05) is 15.0 Å². The number of ether oxygens (including phenoxy) is 4. The number of amides is 2. The zero-order valence-corrected chi connectivity index (χ0v) is 59.8. The quantitative estimate of drug-likeness (QED) is 0.0153. The van der Waals surface area contributed by atoms with Crippen LogP contribution in [0.25, 0.3) is 0 Å². The second-order valence-corrected chi connectivity index (χ2v) is 32.6. The highest BCUT2D eigenvalue weighted by Gasteiger charge is 2.49. The van der Waals surface area contributed by atoms with Crippen LogP contribution in [0, 0.1) is 20.8 Å². The third-order valence-electron chi connectivity index (χ3n) is 15.6. The Bertz CT molecular complexity index is 3990. The second-order valence-electron chi connectivity index (χ2n) is 23.2. The van der Waals surface area contributed by atoms with Crippen LogP contribution in [-0.2, 0) is 82.5 Å². The van der Waals surface area contributed by atoms with Gasteiger partial charge >= 0.3 is 23.1 Å². The number of unbranched alkanes of at least 4 members (excludes halogenated alkanes) is 3. The zero-order chi connectivity index (χ0) is 73.8. The number of hydrogen-bond donors (Lipinski definition) is 8. The smallest absolute Gasteiger partial charge is 0.330 e. The molecule has 18 atom stereocenters. The molecule has 4 fully saturated rings. The number of aliphatic hydroxyl groups excluding tert-OH is 3. The van der Waals surface area contributed by atoms with Gasteiger partial charge in [0.25, 0.3) is 48.0 Å². The van der Waals surface area contributed by atoms with Crippen molar-refractivity contribution in [2.45, 2.75) is 165 Å². The Hall–Kier alpha value is -4.02. The summed E-state index contributed by atoms with van der Waals surface area (Å²) in [6.07, 6.45) is -15.9. The molecule has 0 aromatic carbocycles. The number of hydrogen-bond acceptors (Lipinski definition) is 37. The number of nitrogens with zero attached hydrogens (tertiary/aromatic N) is 4. The van der Waals surface area contributed by atoms with Crippen molar-refractivity contribution >= 4 is 66.7 Å². The van der Waals surface area contributed by atoms with Gasteiger partial charge in [0.15, 0.2) is 6.23 Å². The lowest BCUT2D eigenvalue weighted by Gasteiger charge is -2.33. The Morgan fingerprint density at radius 2 is 0.931 bits per heavy atom. The van der Waals surface area contributed by atoms with Gasteiger partial charge < -0.3 is 114 Å². The summed E-state index contributed by atoms with van der Waals surface area (Å²) in [5, 5.41) is 36.5. The minimum Gasteiger partial charge on any atom is -0.790 e. The molecule has 2 amide bonds. The third kappa shape index (κ3) is 24.2. The number of aromatic amines is 3. The molecule has 0 saturated carbocycles. The van der Waals surface area contributed by atoms with Crippen LogP contribution in [0.3, 0.4) is 0 Å². The normalized spacial score (nSPS) is 28.6. The van der Waals surface area contributed by atoms with E-state index in [1.165, 1.54) is 33.0 Å². The molecule has 0 bridgehead atoms. The number of H-pyrrole nitrogens is 3. The number of aliphatic hydroxyl groups is 3. The maximum absolute atomic E-state index is 13.9.